The lowest BCUT2D eigenvalue weighted by atomic mass is 9.90. The molecule has 5 N–H and O–H groups in total. The van der Waals surface area contributed by atoms with Gasteiger partial charge in [0, 0.05) is 11.3 Å². The second kappa shape index (κ2) is 13.3. The van der Waals surface area contributed by atoms with Crippen LogP contribution in [0.15, 0.2) is 36.4 Å². The van der Waals surface area contributed by atoms with Crippen molar-refractivity contribution in [2.45, 2.75) is 96.7 Å². The van der Waals surface area contributed by atoms with E-state index in [2.05, 4.69) is 22.2 Å². The van der Waals surface area contributed by atoms with Gasteiger partial charge in [-0.2, -0.15) is 5.26 Å². The Morgan fingerprint density at radius 1 is 1.00 bits per heavy atom. The standard InChI is InChI=1S/C31H47ClN4O4Si2/c1-20(17-30(3,4)41(7,8)39)27(34-25-15-14-24(19-33)26(32)21(25)2)29(38)36-35-28(37)23-13-11-12-22(16-23)18-31(5,6)42(9,10)40/h11-16,20,27,34,39-40H,17-18H2,1-10H3,(H,35,37)(H,36,38)/t20-,27+/m0/s1. The van der Waals surface area contributed by atoms with Crippen molar-refractivity contribution in [3.8, 4) is 6.07 Å². The molecule has 2 aromatic rings. The third-order valence-electron chi connectivity index (χ3n) is 8.95. The highest BCUT2D eigenvalue weighted by atomic mass is 35.5. The molecule has 0 aliphatic heterocycles. The molecule has 0 aliphatic rings. The molecule has 2 atom stereocenters. The average molecular weight is 631 g/mol. The molecule has 0 bridgehead atoms. The summed E-state index contributed by atoms with van der Waals surface area (Å²) in [4.78, 5) is 48.2. The lowest BCUT2D eigenvalue weighted by Gasteiger charge is -2.39. The minimum atomic E-state index is -2.57. The number of anilines is 1. The molecule has 0 radical (unpaired) electrons. The Kier molecular flexibility index (Phi) is 11.3. The van der Waals surface area contributed by atoms with E-state index in [0.717, 1.165) is 5.56 Å². The van der Waals surface area contributed by atoms with Crippen molar-refractivity contribution in [1.29, 1.82) is 5.26 Å². The first kappa shape index (κ1) is 35.5. The van der Waals surface area contributed by atoms with Crippen LogP contribution in [0.5, 0.6) is 0 Å². The van der Waals surface area contributed by atoms with Gasteiger partial charge in [-0.3, -0.25) is 20.4 Å². The second-order valence-corrected chi connectivity index (χ2v) is 23.0. The van der Waals surface area contributed by atoms with Crippen molar-refractivity contribution < 1.29 is 19.2 Å². The second-order valence-electron chi connectivity index (χ2n) is 13.7. The van der Waals surface area contributed by atoms with Crippen molar-refractivity contribution in [3.63, 3.8) is 0 Å². The van der Waals surface area contributed by atoms with Gasteiger partial charge in [0.05, 0.1) is 10.6 Å². The number of carbonyl (C=O) groups excluding carboxylic acids is 2. The summed E-state index contributed by atoms with van der Waals surface area (Å²) in [6.45, 7) is 19.4. The Labute approximate surface area is 258 Å². The van der Waals surface area contributed by atoms with Gasteiger partial charge < -0.3 is 14.9 Å². The smallest absolute Gasteiger partial charge is 0.269 e. The number of rotatable bonds is 11. The number of nitrogens with one attached hydrogen (secondary N) is 3. The Morgan fingerprint density at radius 3 is 2.14 bits per heavy atom. The highest BCUT2D eigenvalue weighted by Gasteiger charge is 2.41. The van der Waals surface area contributed by atoms with Gasteiger partial charge in [-0.15, -0.1) is 0 Å². The Balaban J connectivity index is 2.29. The van der Waals surface area contributed by atoms with E-state index in [1.165, 1.54) is 0 Å². The number of amides is 2. The van der Waals surface area contributed by atoms with Crippen molar-refractivity contribution >= 4 is 45.7 Å². The van der Waals surface area contributed by atoms with E-state index in [9.17, 15) is 24.4 Å². The zero-order valence-corrected chi connectivity index (χ0v) is 29.3. The fourth-order valence-corrected chi connectivity index (χ4v) is 6.22. The van der Waals surface area contributed by atoms with Crippen LogP contribution >= 0.6 is 11.6 Å². The molecule has 11 heteroatoms. The summed E-state index contributed by atoms with van der Waals surface area (Å²) in [6, 6.07) is 11.8. The van der Waals surface area contributed by atoms with E-state index in [1.807, 2.05) is 66.9 Å². The largest absolute Gasteiger partial charge is 0.432 e. The predicted molar refractivity (Wildman–Crippen MR) is 175 cm³/mol. The molecule has 2 amide bonds. The monoisotopic (exact) mass is 630 g/mol. The summed E-state index contributed by atoms with van der Waals surface area (Å²) < 4.78 is 0. The number of nitrogens with zero attached hydrogens (tertiary/aromatic N) is 1. The minimum Gasteiger partial charge on any atom is -0.432 e. The fraction of sp³-hybridized carbons (Fsp3) is 0.516. The third kappa shape index (κ3) is 8.67. The number of benzene rings is 2. The van der Waals surface area contributed by atoms with Crippen molar-refractivity contribution in [2.75, 3.05) is 5.32 Å². The van der Waals surface area contributed by atoms with Crippen LogP contribution < -0.4 is 16.2 Å². The van der Waals surface area contributed by atoms with Gasteiger partial charge >= 0.3 is 0 Å². The van der Waals surface area contributed by atoms with Crippen LogP contribution in [0.4, 0.5) is 5.69 Å². The number of carbonyl (C=O) groups is 2. The number of halogens is 1. The van der Waals surface area contributed by atoms with Gasteiger partial charge in [0.15, 0.2) is 16.6 Å². The van der Waals surface area contributed by atoms with Crippen LogP contribution in [0.2, 0.25) is 41.3 Å². The molecule has 0 unspecified atom stereocenters. The maximum atomic E-state index is 13.6. The number of hydrogen-bond acceptors (Lipinski definition) is 6. The first-order chi connectivity index (χ1) is 19.1. The molecule has 2 rings (SSSR count). The number of hydrogen-bond donors (Lipinski definition) is 5. The zero-order chi connectivity index (χ0) is 32.3. The highest BCUT2D eigenvalue weighted by molar-refractivity contribution is 6.73. The lowest BCUT2D eigenvalue weighted by Crippen LogP contribution is -2.52. The molecule has 230 valence electrons. The van der Waals surface area contributed by atoms with E-state index >= 15 is 0 Å². The topological polar surface area (TPSA) is 134 Å². The summed E-state index contributed by atoms with van der Waals surface area (Å²) in [6.07, 6.45) is 1.17. The van der Waals surface area contributed by atoms with Crippen molar-refractivity contribution in [2.24, 2.45) is 5.92 Å². The van der Waals surface area contributed by atoms with E-state index in [0.29, 0.717) is 40.2 Å². The quantitative estimate of drug-likeness (QED) is 0.146. The van der Waals surface area contributed by atoms with E-state index in [-0.39, 0.29) is 11.0 Å². The maximum Gasteiger partial charge on any atom is 0.269 e. The van der Waals surface area contributed by atoms with E-state index in [4.69, 9.17) is 11.6 Å². The normalized spacial score (nSPS) is 14.0. The van der Waals surface area contributed by atoms with Crippen LogP contribution in [0.3, 0.4) is 0 Å². The first-order valence-corrected chi connectivity index (χ1v) is 20.5. The highest BCUT2D eigenvalue weighted by Crippen LogP contribution is 2.43. The Hall–Kier alpha value is -2.69. The minimum absolute atomic E-state index is 0.249. The van der Waals surface area contributed by atoms with Crippen LogP contribution in [0.1, 0.15) is 68.1 Å². The Bertz CT molecular complexity index is 1340. The molecule has 0 aliphatic carbocycles. The first-order valence-electron chi connectivity index (χ1n) is 14.2. The molecular weight excluding hydrogens is 584 g/mol. The molecule has 0 fully saturated rings. The molecule has 8 nitrogen and oxygen atoms in total. The van der Waals surface area contributed by atoms with Gasteiger partial charge in [-0.05, 0) is 97.3 Å². The van der Waals surface area contributed by atoms with Gasteiger partial charge in [-0.1, -0.05) is 58.4 Å². The van der Waals surface area contributed by atoms with Gasteiger partial charge in [-0.25, -0.2) is 0 Å². The predicted octanol–water partition coefficient (Wildman–Crippen LogP) is 6.29. The number of hydrazine groups is 1. The van der Waals surface area contributed by atoms with E-state index < -0.39 is 39.5 Å². The van der Waals surface area contributed by atoms with Crippen LogP contribution in [-0.2, 0) is 11.2 Å². The molecule has 0 heterocycles. The van der Waals surface area contributed by atoms with Crippen molar-refractivity contribution in [1.82, 2.24) is 10.9 Å². The summed E-state index contributed by atoms with van der Waals surface area (Å²) >= 11 is 6.40. The molecule has 42 heavy (non-hydrogen) atoms. The van der Waals surface area contributed by atoms with Crippen LogP contribution in [0, 0.1) is 24.2 Å². The summed E-state index contributed by atoms with van der Waals surface area (Å²) in [7, 11) is -5.01. The van der Waals surface area contributed by atoms with Gasteiger partial charge in [0.2, 0.25) is 0 Å². The average Bonchev–Trinajstić information content (AvgIpc) is 2.86. The number of nitriles is 1. The molecule has 0 spiro atoms. The summed E-state index contributed by atoms with van der Waals surface area (Å²) in [5, 5.41) is 12.2. The SMILES string of the molecule is Cc1c(N[C@@H](C(=O)NNC(=O)c2cccc(CC(C)(C)[Si](C)(C)O)c2)[C@@H](C)CC(C)(C)[Si](C)(C)O)ccc(C#N)c1Cl. The van der Waals surface area contributed by atoms with Gasteiger partial charge in [0.25, 0.3) is 11.8 Å². The summed E-state index contributed by atoms with van der Waals surface area (Å²) in [5.41, 5.74) is 8.02. The molecule has 0 aromatic heterocycles. The molecule has 0 saturated heterocycles. The lowest BCUT2D eigenvalue weighted by molar-refractivity contribution is -0.123. The molecule has 0 saturated carbocycles. The van der Waals surface area contributed by atoms with Crippen LogP contribution in [0.25, 0.3) is 0 Å². The van der Waals surface area contributed by atoms with E-state index in [1.54, 1.807) is 37.3 Å². The maximum absolute atomic E-state index is 13.6. The zero-order valence-electron chi connectivity index (χ0n) is 26.6. The summed E-state index contributed by atoms with van der Waals surface area (Å²) in [5.74, 6) is -1.16. The Morgan fingerprint density at radius 2 is 1.60 bits per heavy atom. The van der Waals surface area contributed by atoms with Crippen molar-refractivity contribution in [3.05, 3.63) is 63.7 Å². The molecule has 2 aromatic carbocycles. The molecular formula is C31H47ClN4O4Si2. The third-order valence-corrected chi connectivity index (χ3v) is 16.4. The van der Waals surface area contributed by atoms with Crippen LogP contribution in [-0.4, -0.2) is 44.1 Å². The van der Waals surface area contributed by atoms with Gasteiger partial charge in [0.1, 0.15) is 12.1 Å². The fourth-order valence-electron chi connectivity index (χ4n) is 4.55.